The van der Waals surface area contributed by atoms with Crippen molar-refractivity contribution in [3.05, 3.63) is 0 Å². The van der Waals surface area contributed by atoms with Crippen molar-refractivity contribution in [2.24, 2.45) is 11.8 Å². The molecule has 0 N–H and O–H groups in total. The summed E-state index contributed by atoms with van der Waals surface area (Å²) >= 11 is 9.45. The molecule has 0 atom stereocenters. The van der Waals surface area contributed by atoms with Gasteiger partial charge in [0.2, 0.25) is 5.69 Å². The molecule has 2 nitrogen and oxygen atoms in total. The Hall–Kier alpha value is 2.56. The van der Waals surface area contributed by atoms with Gasteiger partial charge in [0.15, 0.2) is 0 Å². The minimum absolute atomic E-state index is 0. The molecule has 0 aliphatic rings. The normalized spacial score (nSPS) is 11.9. The van der Waals surface area contributed by atoms with Crippen molar-refractivity contribution in [2.75, 3.05) is 13.2 Å². The summed E-state index contributed by atoms with van der Waals surface area (Å²) in [5, 5.41) is 0. The van der Waals surface area contributed by atoms with Gasteiger partial charge in [-0.25, -0.2) is 0 Å². The molecule has 0 unspecified atom stereocenters. The summed E-state index contributed by atoms with van der Waals surface area (Å²) in [6.07, 6.45) is 2.01. The second-order valence-corrected chi connectivity index (χ2v) is 9.79. The van der Waals surface area contributed by atoms with Gasteiger partial charge in [0.05, 0.1) is 13.2 Å². The Morgan fingerprint density at radius 2 is 1.31 bits per heavy atom. The monoisotopic (exact) mass is 309 g/mol. The molecule has 0 fully saturated rings. The molecular weight excluding hydrogens is 286 g/mol. The third-order valence-corrected chi connectivity index (χ3v) is 4.24. The number of rotatable bonds is 8. The van der Waals surface area contributed by atoms with E-state index in [0.29, 0.717) is 25.0 Å². The average molecular weight is 309 g/mol. The van der Waals surface area contributed by atoms with Crippen LogP contribution in [0.2, 0.25) is 0 Å². The van der Waals surface area contributed by atoms with Gasteiger partial charge in [0.1, 0.15) is 0 Å². The fourth-order valence-corrected chi connectivity index (χ4v) is 2.53. The van der Waals surface area contributed by atoms with Gasteiger partial charge in [0, 0.05) is 51.4 Å². The summed E-state index contributed by atoms with van der Waals surface area (Å²) in [5.74, 6) is 1.26. The van der Waals surface area contributed by atoms with Crippen LogP contribution in [0.5, 0.6) is 0 Å². The quantitative estimate of drug-likeness (QED) is 0.417. The molecule has 0 bridgehead atoms. The fraction of sp³-hybridized carbons (Fsp3) is 1.00. The van der Waals surface area contributed by atoms with Crippen molar-refractivity contribution in [3.8, 4) is 0 Å². The number of hydrogen-bond acceptors (Lipinski definition) is 3. The van der Waals surface area contributed by atoms with E-state index in [4.69, 9.17) is 20.9 Å². The summed E-state index contributed by atoms with van der Waals surface area (Å²) in [6, 6.07) is 0. The zero-order chi connectivity index (χ0) is 11.9. The third kappa shape index (κ3) is 14.6. The molecule has 0 aliphatic heterocycles. The van der Waals surface area contributed by atoms with E-state index >= 15 is 0 Å². The molecule has 0 aromatic heterocycles. The van der Waals surface area contributed by atoms with Gasteiger partial charge in [-0.05, 0) is 36.5 Å². The first-order chi connectivity index (χ1) is 6.83. The zero-order valence-electron chi connectivity index (χ0n) is 11.1. The van der Waals surface area contributed by atoms with Gasteiger partial charge in [-0.3, -0.25) is 0 Å². The van der Waals surface area contributed by atoms with Crippen LogP contribution in [0.1, 0.15) is 40.5 Å². The van der Waals surface area contributed by atoms with Gasteiger partial charge in [0.25, 0.3) is 0 Å². The summed E-state index contributed by atoms with van der Waals surface area (Å²) in [4.78, 5) is 0. The molecule has 0 heterocycles. The Bertz CT molecular complexity index is 195. The van der Waals surface area contributed by atoms with Gasteiger partial charge in [-0.1, -0.05) is 39.9 Å². The van der Waals surface area contributed by atoms with Gasteiger partial charge >= 0.3 is 0 Å². The Labute approximate surface area is 153 Å². The van der Waals surface area contributed by atoms with Crippen molar-refractivity contribution in [2.45, 2.75) is 40.5 Å². The molecular formula is C10H23KO2PS2. The SMILES string of the molecule is CC(C)CCOP(=S)(S)OCCC(C)C.[K]. The summed E-state index contributed by atoms with van der Waals surface area (Å²) < 4.78 is 11.0. The molecule has 93 valence electrons. The van der Waals surface area contributed by atoms with Gasteiger partial charge < -0.3 is 9.05 Å². The number of thiol groups is 1. The van der Waals surface area contributed by atoms with E-state index in [1.807, 2.05) is 0 Å². The van der Waals surface area contributed by atoms with Crippen LogP contribution in [0.4, 0.5) is 0 Å². The van der Waals surface area contributed by atoms with Crippen molar-refractivity contribution < 1.29 is 9.05 Å². The van der Waals surface area contributed by atoms with Crippen molar-refractivity contribution in [3.63, 3.8) is 0 Å². The summed E-state index contributed by atoms with van der Waals surface area (Å²) in [5.41, 5.74) is -2.28. The molecule has 0 amide bonds. The van der Waals surface area contributed by atoms with E-state index in [9.17, 15) is 0 Å². The van der Waals surface area contributed by atoms with Gasteiger partial charge in [-0.2, -0.15) is 0 Å². The molecule has 0 saturated carbocycles. The first-order valence-electron chi connectivity index (χ1n) is 5.45. The Kier molecular flexibility index (Phi) is 14.9. The van der Waals surface area contributed by atoms with Crippen LogP contribution >= 0.6 is 17.9 Å². The predicted octanol–water partition coefficient (Wildman–Crippen LogP) is 3.89. The smallest absolute Gasteiger partial charge is 0.244 e. The maximum absolute atomic E-state index is 5.49. The molecule has 0 aromatic rings. The molecule has 0 spiro atoms. The first kappa shape index (κ1) is 20.9. The topological polar surface area (TPSA) is 18.5 Å². The zero-order valence-corrected chi connectivity index (χ0v) is 16.8. The van der Waals surface area contributed by atoms with E-state index in [1.54, 1.807) is 0 Å². The fourth-order valence-electron chi connectivity index (χ4n) is 0.845. The van der Waals surface area contributed by atoms with Crippen LogP contribution in [0.25, 0.3) is 0 Å². The molecule has 0 saturated heterocycles. The second kappa shape index (κ2) is 11.4. The molecule has 0 aliphatic carbocycles. The molecule has 6 heteroatoms. The maximum Gasteiger partial charge on any atom is 0.244 e. The van der Waals surface area contributed by atoms with Crippen molar-refractivity contribution in [1.82, 2.24) is 0 Å². The van der Waals surface area contributed by atoms with Crippen LogP contribution in [0.3, 0.4) is 0 Å². The molecule has 0 aromatic carbocycles. The van der Waals surface area contributed by atoms with Crippen LogP contribution in [0.15, 0.2) is 0 Å². The number of hydrogen-bond donors (Lipinski definition) is 1. The van der Waals surface area contributed by atoms with Crippen LogP contribution in [-0.4, -0.2) is 64.6 Å². The summed E-state index contributed by atoms with van der Waals surface area (Å²) in [6.45, 7) is 9.94. The van der Waals surface area contributed by atoms with E-state index in [2.05, 4.69) is 39.9 Å². The second-order valence-electron chi connectivity index (χ2n) is 4.50. The third-order valence-electron chi connectivity index (χ3n) is 1.90. The van der Waals surface area contributed by atoms with Crippen LogP contribution < -0.4 is 0 Å². The van der Waals surface area contributed by atoms with Gasteiger partial charge in [-0.15, -0.1) is 0 Å². The van der Waals surface area contributed by atoms with E-state index in [0.717, 1.165) is 12.8 Å². The van der Waals surface area contributed by atoms with E-state index in [1.165, 1.54) is 0 Å². The van der Waals surface area contributed by atoms with Crippen LogP contribution in [-0.2, 0) is 20.9 Å². The predicted molar refractivity (Wildman–Crippen MR) is 79.8 cm³/mol. The summed E-state index contributed by atoms with van der Waals surface area (Å²) in [7, 11) is 0. The molecule has 1 radical (unpaired) electrons. The minimum Gasteiger partial charge on any atom is -0.322 e. The Morgan fingerprint density at radius 3 is 1.56 bits per heavy atom. The van der Waals surface area contributed by atoms with E-state index < -0.39 is 5.69 Å². The largest absolute Gasteiger partial charge is 0.322 e. The molecule has 16 heavy (non-hydrogen) atoms. The van der Waals surface area contributed by atoms with Crippen molar-refractivity contribution in [1.29, 1.82) is 0 Å². The van der Waals surface area contributed by atoms with E-state index in [-0.39, 0.29) is 51.4 Å². The average Bonchev–Trinajstić information content (AvgIpc) is 2.01. The first-order valence-corrected chi connectivity index (χ1v) is 9.24. The van der Waals surface area contributed by atoms with Crippen molar-refractivity contribution >= 4 is 81.1 Å². The Morgan fingerprint density at radius 1 is 1.00 bits per heavy atom. The van der Waals surface area contributed by atoms with Crippen LogP contribution in [0, 0.1) is 11.8 Å². The minimum atomic E-state index is -2.28. The Balaban J connectivity index is 0. The standard InChI is InChI=1S/C10H23O2PS2.K/c1-9(2)5-7-11-13(14,15)12-8-6-10(3)4;/h9-10H,5-8H2,1-4H3,(H,14,15);. The maximum atomic E-state index is 5.49. The molecule has 0 rings (SSSR count).